The number of methoxy groups -OCH3 is 1. The van der Waals surface area contributed by atoms with Gasteiger partial charge in [0, 0.05) is 28.8 Å². The van der Waals surface area contributed by atoms with Crippen molar-refractivity contribution >= 4 is 16.7 Å². The van der Waals surface area contributed by atoms with Crippen molar-refractivity contribution in [3.05, 3.63) is 71.9 Å². The fraction of sp³-hybridized carbons (Fsp3) is 0.143. The lowest BCUT2D eigenvalue weighted by Crippen LogP contribution is -2.03. The van der Waals surface area contributed by atoms with E-state index < -0.39 is 0 Å². The molecule has 0 amide bonds. The molecule has 4 rings (SSSR count). The second-order valence-electron chi connectivity index (χ2n) is 6.17. The number of ether oxygens (including phenoxy) is 1. The summed E-state index contributed by atoms with van der Waals surface area (Å²) in [6.07, 6.45) is 0. The number of nitrogens with zero attached hydrogens (tertiary/aromatic N) is 2. The highest BCUT2D eigenvalue weighted by atomic mass is 16.5. The van der Waals surface area contributed by atoms with Gasteiger partial charge in [-0.1, -0.05) is 30.3 Å². The number of rotatable bonds is 5. The van der Waals surface area contributed by atoms with E-state index in [-0.39, 0.29) is 0 Å². The summed E-state index contributed by atoms with van der Waals surface area (Å²) in [6, 6.07) is 20.2. The van der Waals surface area contributed by atoms with Crippen LogP contribution in [0.4, 0.5) is 5.82 Å². The van der Waals surface area contributed by atoms with Crippen LogP contribution in [-0.4, -0.2) is 22.3 Å². The van der Waals surface area contributed by atoms with Crippen molar-refractivity contribution in [1.82, 2.24) is 15.2 Å². The molecule has 0 radical (unpaired) electrons. The predicted molar refractivity (Wildman–Crippen MR) is 104 cm³/mol. The number of aromatic amines is 1. The van der Waals surface area contributed by atoms with Gasteiger partial charge in [-0.3, -0.25) is 5.10 Å². The normalized spacial score (nSPS) is 10.8. The van der Waals surface area contributed by atoms with E-state index in [1.54, 1.807) is 7.11 Å². The average Bonchev–Trinajstić information content (AvgIpc) is 3.12. The Labute approximate surface area is 152 Å². The molecule has 26 heavy (non-hydrogen) atoms. The summed E-state index contributed by atoms with van der Waals surface area (Å²) in [5.41, 5.74) is 5.09. The fourth-order valence-corrected chi connectivity index (χ4v) is 3.07. The van der Waals surface area contributed by atoms with Crippen molar-refractivity contribution in [2.75, 3.05) is 12.4 Å². The van der Waals surface area contributed by atoms with Crippen LogP contribution in [0.3, 0.4) is 0 Å². The molecule has 2 aromatic heterocycles. The Hall–Kier alpha value is -3.34. The van der Waals surface area contributed by atoms with Crippen molar-refractivity contribution in [1.29, 1.82) is 0 Å². The fourth-order valence-electron chi connectivity index (χ4n) is 3.07. The number of aryl methyl sites for hydroxylation is 1. The first kappa shape index (κ1) is 16.1. The molecular formula is C21H20N4O. The third-order valence-corrected chi connectivity index (χ3v) is 4.37. The number of fused-ring (bicyclic) bond motifs is 1. The van der Waals surface area contributed by atoms with E-state index in [9.17, 15) is 0 Å². The number of benzene rings is 2. The Balaban J connectivity index is 1.62. The molecule has 5 nitrogen and oxygen atoms in total. The molecule has 2 N–H and O–H groups in total. The SMILES string of the molecule is COc1ccccc1CNc1ccc2c(-c3cc(C)[nH]n3)cccc2n1. The summed E-state index contributed by atoms with van der Waals surface area (Å²) >= 11 is 0. The van der Waals surface area contributed by atoms with E-state index in [4.69, 9.17) is 9.72 Å². The van der Waals surface area contributed by atoms with E-state index in [1.165, 1.54) is 0 Å². The van der Waals surface area contributed by atoms with Gasteiger partial charge in [-0.2, -0.15) is 5.10 Å². The molecule has 0 atom stereocenters. The van der Waals surface area contributed by atoms with Crippen LogP contribution in [0.25, 0.3) is 22.2 Å². The molecule has 130 valence electrons. The van der Waals surface area contributed by atoms with Crippen LogP contribution in [0.2, 0.25) is 0 Å². The predicted octanol–water partition coefficient (Wildman–Crippen LogP) is 4.55. The monoisotopic (exact) mass is 344 g/mol. The van der Waals surface area contributed by atoms with Gasteiger partial charge in [0.1, 0.15) is 11.6 Å². The van der Waals surface area contributed by atoms with Crippen LogP contribution in [0, 0.1) is 6.92 Å². The lowest BCUT2D eigenvalue weighted by atomic mass is 10.1. The van der Waals surface area contributed by atoms with Crippen LogP contribution < -0.4 is 10.1 Å². The van der Waals surface area contributed by atoms with Gasteiger partial charge in [0.25, 0.3) is 0 Å². The van der Waals surface area contributed by atoms with Gasteiger partial charge in [0.05, 0.1) is 18.3 Å². The molecule has 0 saturated carbocycles. The van der Waals surface area contributed by atoms with Crippen LogP contribution in [0.1, 0.15) is 11.3 Å². The van der Waals surface area contributed by atoms with E-state index in [1.807, 2.05) is 55.5 Å². The maximum absolute atomic E-state index is 5.40. The quantitative estimate of drug-likeness (QED) is 0.557. The number of hydrogen-bond acceptors (Lipinski definition) is 4. The summed E-state index contributed by atoms with van der Waals surface area (Å²) in [5, 5.41) is 11.8. The summed E-state index contributed by atoms with van der Waals surface area (Å²) in [7, 11) is 1.69. The highest BCUT2D eigenvalue weighted by Gasteiger charge is 2.08. The first-order valence-electron chi connectivity index (χ1n) is 8.52. The van der Waals surface area contributed by atoms with Crippen molar-refractivity contribution in [2.24, 2.45) is 0 Å². The van der Waals surface area contributed by atoms with Gasteiger partial charge >= 0.3 is 0 Å². The lowest BCUT2D eigenvalue weighted by molar-refractivity contribution is 0.410. The molecule has 0 saturated heterocycles. The number of pyridine rings is 1. The second-order valence-corrected chi connectivity index (χ2v) is 6.17. The van der Waals surface area contributed by atoms with Gasteiger partial charge in [-0.05, 0) is 37.3 Å². The first-order chi connectivity index (χ1) is 12.7. The number of hydrogen-bond donors (Lipinski definition) is 2. The topological polar surface area (TPSA) is 62.8 Å². The standard InChI is InChI=1S/C21H20N4O/c1-14-12-19(25-24-14)16-7-5-8-18-17(16)10-11-21(23-18)22-13-15-6-3-4-9-20(15)26-2/h3-12H,13H2,1-2H3,(H,22,23)(H,24,25). The first-order valence-corrected chi connectivity index (χ1v) is 8.52. The molecule has 0 spiro atoms. The van der Waals surface area contributed by atoms with E-state index in [2.05, 4.69) is 27.6 Å². The molecule has 0 fully saturated rings. The smallest absolute Gasteiger partial charge is 0.126 e. The summed E-state index contributed by atoms with van der Waals surface area (Å²) in [5.74, 6) is 1.70. The van der Waals surface area contributed by atoms with Crippen molar-refractivity contribution in [3.8, 4) is 17.0 Å². The molecule has 4 aromatic rings. The second kappa shape index (κ2) is 6.88. The molecule has 2 aromatic carbocycles. The van der Waals surface area contributed by atoms with Crippen LogP contribution in [0.5, 0.6) is 5.75 Å². The van der Waals surface area contributed by atoms with E-state index >= 15 is 0 Å². The Morgan fingerprint density at radius 3 is 2.73 bits per heavy atom. The zero-order chi connectivity index (χ0) is 17.9. The largest absolute Gasteiger partial charge is 0.496 e. The van der Waals surface area contributed by atoms with Gasteiger partial charge in [-0.25, -0.2) is 4.98 Å². The zero-order valence-electron chi connectivity index (χ0n) is 14.8. The molecule has 0 aliphatic heterocycles. The summed E-state index contributed by atoms with van der Waals surface area (Å²) in [4.78, 5) is 4.75. The van der Waals surface area contributed by atoms with E-state index in [0.29, 0.717) is 6.54 Å². The molecule has 0 aliphatic carbocycles. The molecule has 2 heterocycles. The minimum Gasteiger partial charge on any atom is -0.496 e. The zero-order valence-corrected chi connectivity index (χ0v) is 14.8. The molecule has 0 unspecified atom stereocenters. The number of H-pyrrole nitrogens is 1. The van der Waals surface area contributed by atoms with Crippen LogP contribution >= 0.6 is 0 Å². The maximum Gasteiger partial charge on any atom is 0.126 e. The minimum atomic E-state index is 0.654. The molecule has 5 heteroatoms. The van der Waals surface area contributed by atoms with Gasteiger partial charge in [-0.15, -0.1) is 0 Å². The number of anilines is 1. The number of para-hydroxylation sites is 1. The maximum atomic E-state index is 5.40. The third-order valence-electron chi connectivity index (χ3n) is 4.37. The third kappa shape index (κ3) is 3.11. The minimum absolute atomic E-state index is 0.654. The molecule has 0 bridgehead atoms. The Morgan fingerprint density at radius 2 is 1.92 bits per heavy atom. The van der Waals surface area contributed by atoms with Gasteiger partial charge < -0.3 is 10.1 Å². The van der Waals surface area contributed by atoms with Gasteiger partial charge in [0.2, 0.25) is 0 Å². The highest BCUT2D eigenvalue weighted by Crippen LogP contribution is 2.28. The highest BCUT2D eigenvalue weighted by molar-refractivity contribution is 5.94. The Kier molecular flexibility index (Phi) is 4.27. The van der Waals surface area contributed by atoms with E-state index in [0.717, 1.165) is 45.0 Å². The van der Waals surface area contributed by atoms with Crippen molar-refractivity contribution in [2.45, 2.75) is 13.5 Å². The number of nitrogens with one attached hydrogen (secondary N) is 2. The Morgan fingerprint density at radius 1 is 1.04 bits per heavy atom. The molecular weight excluding hydrogens is 324 g/mol. The Bertz CT molecular complexity index is 1050. The average molecular weight is 344 g/mol. The van der Waals surface area contributed by atoms with Crippen molar-refractivity contribution in [3.63, 3.8) is 0 Å². The van der Waals surface area contributed by atoms with Crippen LogP contribution in [0.15, 0.2) is 60.7 Å². The van der Waals surface area contributed by atoms with Crippen LogP contribution in [-0.2, 0) is 6.54 Å². The lowest BCUT2D eigenvalue weighted by Gasteiger charge is -2.11. The van der Waals surface area contributed by atoms with Gasteiger partial charge in [0.15, 0.2) is 0 Å². The molecule has 0 aliphatic rings. The summed E-state index contributed by atoms with van der Waals surface area (Å²) in [6.45, 7) is 2.65. The summed E-state index contributed by atoms with van der Waals surface area (Å²) < 4.78 is 5.40. The van der Waals surface area contributed by atoms with Crippen molar-refractivity contribution < 1.29 is 4.74 Å². The number of aromatic nitrogens is 3.